The molecule has 0 fully saturated rings. The molecule has 0 aliphatic heterocycles. The Morgan fingerprint density at radius 2 is 0.884 bits per heavy atom. The number of rotatable bonds is 7. The highest BCUT2D eigenvalue weighted by molar-refractivity contribution is 6.12. The molecule has 0 bridgehead atoms. The molecule has 12 aromatic carbocycles. The van der Waals surface area contributed by atoms with Gasteiger partial charge in [-0.1, -0.05) is 158 Å². The number of hydrogen-bond donors (Lipinski definition) is 0. The van der Waals surface area contributed by atoms with Gasteiger partial charge >= 0.3 is 0 Å². The highest BCUT2D eigenvalue weighted by Crippen LogP contribution is 2.43. The molecule has 0 N–H and O–H groups in total. The summed E-state index contributed by atoms with van der Waals surface area (Å²) in [5.41, 5.74) is 15.6. The smallest absolute Gasteiger partial charge is 0.136 e. The second kappa shape index (κ2) is 15.7. The minimum Gasteiger partial charge on any atom is -0.456 e. The summed E-state index contributed by atoms with van der Waals surface area (Å²) in [7, 11) is 0. The van der Waals surface area contributed by atoms with Crippen LogP contribution >= 0.6 is 0 Å². The quantitative estimate of drug-likeness (QED) is 0.149. The summed E-state index contributed by atoms with van der Waals surface area (Å²) < 4.78 is 8.87. The molecule has 0 unspecified atom stereocenters. The van der Waals surface area contributed by atoms with Gasteiger partial charge in [-0.2, -0.15) is 0 Å². The first-order chi connectivity index (χ1) is 34.2. The normalized spacial score (nSPS) is 11.8. The minimum atomic E-state index is 0.884. The highest BCUT2D eigenvalue weighted by atomic mass is 16.3. The third-order valence-electron chi connectivity index (χ3n) is 14.1. The van der Waals surface area contributed by atoms with Crippen molar-refractivity contribution in [1.29, 1.82) is 0 Å². The van der Waals surface area contributed by atoms with E-state index >= 15 is 0 Å². The fraction of sp³-hybridized carbons (Fsp3) is 0. The van der Waals surface area contributed by atoms with Crippen molar-refractivity contribution < 1.29 is 4.42 Å². The van der Waals surface area contributed by atoms with Crippen molar-refractivity contribution in [3.63, 3.8) is 0 Å². The number of hydrogen-bond acceptors (Lipinski definition) is 2. The number of fused-ring (bicyclic) bond motifs is 10. The predicted molar refractivity (Wildman–Crippen MR) is 292 cm³/mol. The highest BCUT2D eigenvalue weighted by Gasteiger charge is 2.18. The average molecular weight is 879 g/mol. The van der Waals surface area contributed by atoms with Crippen molar-refractivity contribution in [3.05, 3.63) is 255 Å². The van der Waals surface area contributed by atoms with Crippen LogP contribution in [0.25, 0.3) is 115 Å². The second-order valence-corrected chi connectivity index (χ2v) is 18.1. The van der Waals surface area contributed by atoms with E-state index in [0.29, 0.717) is 0 Å². The summed E-state index contributed by atoms with van der Waals surface area (Å²) >= 11 is 0. The van der Waals surface area contributed by atoms with Gasteiger partial charge in [0.1, 0.15) is 11.2 Å². The lowest BCUT2D eigenvalue weighted by Gasteiger charge is -2.26. The van der Waals surface area contributed by atoms with E-state index in [1.165, 1.54) is 65.3 Å². The lowest BCUT2D eigenvalue weighted by Crippen LogP contribution is -2.09. The van der Waals surface area contributed by atoms with Crippen molar-refractivity contribution in [2.24, 2.45) is 0 Å². The van der Waals surface area contributed by atoms with Gasteiger partial charge in [-0.05, 0) is 163 Å². The molecule has 0 amide bonds. The monoisotopic (exact) mass is 878 g/mol. The number of nitrogens with zero attached hydrogens (tertiary/aromatic N) is 2. The van der Waals surface area contributed by atoms with Gasteiger partial charge in [0, 0.05) is 44.3 Å². The van der Waals surface area contributed by atoms with E-state index in [2.05, 4.69) is 258 Å². The van der Waals surface area contributed by atoms with Gasteiger partial charge < -0.3 is 13.9 Å². The molecule has 3 nitrogen and oxygen atoms in total. The summed E-state index contributed by atoms with van der Waals surface area (Å²) in [6, 6.07) is 92.7. The molecule has 0 atom stereocenters. The van der Waals surface area contributed by atoms with Crippen LogP contribution in [0, 0.1) is 0 Å². The van der Waals surface area contributed by atoms with Gasteiger partial charge in [0.25, 0.3) is 0 Å². The van der Waals surface area contributed by atoms with E-state index in [9.17, 15) is 0 Å². The molecular weight excluding hydrogens is 837 g/mol. The Balaban J connectivity index is 0.919. The molecular formula is C66H42N2O. The third-order valence-corrected chi connectivity index (χ3v) is 14.1. The molecule has 0 saturated heterocycles. The number of benzene rings is 12. The summed E-state index contributed by atoms with van der Waals surface area (Å²) in [4.78, 5) is 2.37. The maximum absolute atomic E-state index is 6.50. The van der Waals surface area contributed by atoms with E-state index in [-0.39, 0.29) is 0 Å². The Kier molecular flexibility index (Phi) is 8.90. The molecule has 3 heteroatoms. The van der Waals surface area contributed by atoms with E-state index < -0.39 is 0 Å². The van der Waals surface area contributed by atoms with Crippen LogP contribution in [-0.4, -0.2) is 4.57 Å². The SMILES string of the molecule is c1ccc(N(c2ccc3ccccc3c2)c2ccc3ccc4cc(-c5ccc(-c6ccc7c(c6)c6ccccc6n7-c6ccccc6)cc5-c5ccc6c(c5)oc5ccccc56)ccc4c3c2)cc1. The summed E-state index contributed by atoms with van der Waals surface area (Å²) in [6.07, 6.45) is 0. The fourth-order valence-electron chi connectivity index (χ4n) is 10.8. The van der Waals surface area contributed by atoms with Crippen LogP contribution in [0.15, 0.2) is 259 Å². The van der Waals surface area contributed by atoms with Gasteiger partial charge in [0.05, 0.1) is 11.0 Å². The Morgan fingerprint density at radius 3 is 1.75 bits per heavy atom. The van der Waals surface area contributed by atoms with Crippen LogP contribution in [-0.2, 0) is 0 Å². The predicted octanol–water partition coefficient (Wildman–Crippen LogP) is 18.6. The lowest BCUT2D eigenvalue weighted by molar-refractivity contribution is 0.669. The maximum atomic E-state index is 6.50. The lowest BCUT2D eigenvalue weighted by atomic mass is 9.89. The van der Waals surface area contributed by atoms with Gasteiger partial charge in [-0.25, -0.2) is 0 Å². The number of para-hydroxylation sites is 4. The molecule has 2 aromatic heterocycles. The van der Waals surface area contributed by atoms with Crippen molar-refractivity contribution in [2.75, 3.05) is 4.90 Å². The van der Waals surface area contributed by atoms with Gasteiger partial charge in [0.15, 0.2) is 0 Å². The van der Waals surface area contributed by atoms with Crippen LogP contribution in [0.1, 0.15) is 0 Å². The molecule has 0 saturated carbocycles. The number of aromatic nitrogens is 1. The molecule has 0 radical (unpaired) electrons. The first-order valence-electron chi connectivity index (χ1n) is 23.6. The summed E-state index contributed by atoms with van der Waals surface area (Å²) in [5, 5.41) is 12.0. The molecule has 14 aromatic rings. The maximum Gasteiger partial charge on any atom is 0.136 e. The van der Waals surface area contributed by atoms with Crippen LogP contribution in [0.5, 0.6) is 0 Å². The minimum absolute atomic E-state index is 0.884. The van der Waals surface area contributed by atoms with Gasteiger partial charge in [-0.3, -0.25) is 0 Å². The first kappa shape index (κ1) is 39.0. The van der Waals surface area contributed by atoms with Crippen LogP contribution in [0.3, 0.4) is 0 Å². The Labute approximate surface area is 399 Å². The Bertz CT molecular complexity index is 4310. The van der Waals surface area contributed by atoms with Crippen LogP contribution in [0.4, 0.5) is 17.1 Å². The zero-order chi connectivity index (χ0) is 45.4. The largest absolute Gasteiger partial charge is 0.456 e. The Morgan fingerprint density at radius 1 is 0.275 bits per heavy atom. The third kappa shape index (κ3) is 6.51. The van der Waals surface area contributed by atoms with Crippen molar-refractivity contribution in [2.45, 2.75) is 0 Å². The molecule has 69 heavy (non-hydrogen) atoms. The molecule has 0 spiro atoms. The van der Waals surface area contributed by atoms with Crippen molar-refractivity contribution in [3.8, 4) is 39.1 Å². The standard InChI is InChI=1S/C66H42N2O/c1-3-15-51(16-4-1)67(53-31-25-43-13-7-8-14-45(43)38-53)54-32-26-44-23-24-48-37-49(28-34-56(48)61(44)42-54)55-33-27-46(39-60(55)50-29-35-59-58-20-10-12-22-65(58)69-66(59)41-50)47-30-36-64-62(40-47)57-19-9-11-21-63(57)68(64)52-17-5-2-6-18-52/h1-42H. The topological polar surface area (TPSA) is 21.3 Å². The molecule has 0 aliphatic carbocycles. The zero-order valence-electron chi connectivity index (χ0n) is 37.6. The van der Waals surface area contributed by atoms with E-state index in [4.69, 9.17) is 4.42 Å². The van der Waals surface area contributed by atoms with E-state index in [1.54, 1.807) is 0 Å². The number of anilines is 3. The van der Waals surface area contributed by atoms with Gasteiger partial charge in [-0.15, -0.1) is 0 Å². The molecule has 0 aliphatic rings. The Hall–Kier alpha value is -9.18. The van der Waals surface area contributed by atoms with Crippen molar-refractivity contribution in [1.82, 2.24) is 4.57 Å². The summed E-state index contributed by atoms with van der Waals surface area (Å²) in [5.74, 6) is 0. The molecule has 14 rings (SSSR count). The second-order valence-electron chi connectivity index (χ2n) is 18.1. The number of furan rings is 1. The van der Waals surface area contributed by atoms with Crippen LogP contribution in [0.2, 0.25) is 0 Å². The van der Waals surface area contributed by atoms with Gasteiger partial charge in [0.2, 0.25) is 0 Å². The molecule has 2 heterocycles. The van der Waals surface area contributed by atoms with E-state index in [0.717, 1.165) is 66.9 Å². The molecule has 322 valence electrons. The average Bonchev–Trinajstić information content (AvgIpc) is 3.96. The summed E-state index contributed by atoms with van der Waals surface area (Å²) in [6.45, 7) is 0. The first-order valence-corrected chi connectivity index (χ1v) is 23.6. The zero-order valence-corrected chi connectivity index (χ0v) is 37.6. The van der Waals surface area contributed by atoms with Crippen LogP contribution < -0.4 is 4.90 Å². The fourth-order valence-corrected chi connectivity index (χ4v) is 10.8. The van der Waals surface area contributed by atoms with E-state index in [1.807, 2.05) is 6.07 Å². The van der Waals surface area contributed by atoms with Crippen molar-refractivity contribution >= 4 is 93.1 Å².